The standard InChI is InChI=1S/C23H31N3O5S/c1-6-31-21-14-10-9-13-20(21)26(32(5,29)30)16-22(27)25(18(3)23(28)24-4)15-19-12-8-7-11-17(19)2/h7-14,18H,6,15-16H2,1-5H3,(H,24,28)/t18-/m1/s1. The Balaban J connectivity index is 2.44. The van der Waals surface area contributed by atoms with Gasteiger partial charge in [0.15, 0.2) is 0 Å². The van der Waals surface area contributed by atoms with Crippen LogP contribution in [0.1, 0.15) is 25.0 Å². The molecule has 174 valence electrons. The van der Waals surface area contributed by atoms with Crippen LogP contribution in [0.2, 0.25) is 0 Å². The number of hydrogen-bond donors (Lipinski definition) is 1. The van der Waals surface area contributed by atoms with Crippen LogP contribution in [0.25, 0.3) is 0 Å². The highest BCUT2D eigenvalue weighted by Gasteiger charge is 2.31. The predicted octanol–water partition coefficient (Wildman–Crippen LogP) is 2.32. The summed E-state index contributed by atoms with van der Waals surface area (Å²) >= 11 is 0. The van der Waals surface area contributed by atoms with Crippen LogP contribution >= 0.6 is 0 Å². The van der Waals surface area contributed by atoms with Crippen molar-refractivity contribution in [2.24, 2.45) is 0 Å². The summed E-state index contributed by atoms with van der Waals surface area (Å²) in [6.45, 7) is 5.38. The Labute approximate surface area is 190 Å². The molecule has 0 radical (unpaired) electrons. The molecule has 0 heterocycles. The third kappa shape index (κ3) is 6.23. The van der Waals surface area contributed by atoms with E-state index in [1.807, 2.05) is 31.2 Å². The van der Waals surface area contributed by atoms with Gasteiger partial charge in [0.1, 0.15) is 18.3 Å². The Kier molecular flexibility index (Phi) is 8.65. The van der Waals surface area contributed by atoms with E-state index in [1.165, 1.54) is 11.9 Å². The highest BCUT2D eigenvalue weighted by atomic mass is 32.2. The quantitative estimate of drug-likeness (QED) is 0.586. The lowest BCUT2D eigenvalue weighted by Gasteiger charge is -2.32. The molecule has 9 heteroatoms. The summed E-state index contributed by atoms with van der Waals surface area (Å²) in [5.41, 5.74) is 2.11. The number of likely N-dealkylation sites (N-methyl/N-ethyl adjacent to an activating group) is 1. The van der Waals surface area contributed by atoms with Gasteiger partial charge in [0.2, 0.25) is 21.8 Å². The molecule has 0 aliphatic rings. The maximum Gasteiger partial charge on any atom is 0.244 e. The number of benzene rings is 2. The Hall–Kier alpha value is -3.07. The van der Waals surface area contributed by atoms with Gasteiger partial charge in [-0.15, -0.1) is 0 Å². The van der Waals surface area contributed by atoms with E-state index in [1.54, 1.807) is 38.1 Å². The van der Waals surface area contributed by atoms with Crippen molar-refractivity contribution in [2.45, 2.75) is 33.4 Å². The first kappa shape index (κ1) is 25.2. The van der Waals surface area contributed by atoms with Crippen molar-refractivity contribution in [2.75, 3.05) is 30.8 Å². The number of carbonyl (C=O) groups excluding carboxylic acids is 2. The number of amides is 2. The molecule has 2 aromatic carbocycles. The van der Waals surface area contributed by atoms with Gasteiger partial charge < -0.3 is 15.0 Å². The number of carbonyl (C=O) groups is 2. The lowest BCUT2D eigenvalue weighted by atomic mass is 10.1. The zero-order chi connectivity index (χ0) is 23.9. The van der Waals surface area contributed by atoms with E-state index in [-0.39, 0.29) is 18.1 Å². The average Bonchev–Trinajstić information content (AvgIpc) is 2.75. The van der Waals surface area contributed by atoms with E-state index < -0.39 is 28.5 Å². The SMILES string of the molecule is CCOc1ccccc1N(CC(=O)N(Cc1ccccc1C)[C@H](C)C(=O)NC)S(C)(=O)=O. The van der Waals surface area contributed by atoms with Crippen LogP contribution in [0, 0.1) is 6.92 Å². The summed E-state index contributed by atoms with van der Waals surface area (Å²) in [6.07, 6.45) is 1.04. The lowest BCUT2D eigenvalue weighted by Crippen LogP contribution is -2.50. The van der Waals surface area contributed by atoms with Crippen LogP contribution in [0.15, 0.2) is 48.5 Å². The smallest absolute Gasteiger partial charge is 0.244 e. The third-order valence-electron chi connectivity index (χ3n) is 5.13. The van der Waals surface area contributed by atoms with Crippen molar-refractivity contribution in [1.82, 2.24) is 10.2 Å². The zero-order valence-corrected chi connectivity index (χ0v) is 20.0. The fourth-order valence-corrected chi connectivity index (χ4v) is 4.15. The number of nitrogens with zero attached hydrogens (tertiary/aromatic N) is 2. The number of anilines is 1. The Bertz CT molecular complexity index is 1060. The molecular weight excluding hydrogens is 430 g/mol. The van der Waals surface area contributed by atoms with Gasteiger partial charge in [0.05, 0.1) is 18.6 Å². The molecule has 0 unspecified atom stereocenters. The number of para-hydroxylation sites is 2. The van der Waals surface area contributed by atoms with Crippen molar-refractivity contribution in [3.8, 4) is 5.75 Å². The van der Waals surface area contributed by atoms with Crippen LogP contribution in [0.4, 0.5) is 5.69 Å². The number of nitrogens with one attached hydrogen (secondary N) is 1. The van der Waals surface area contributed by atoms with E-state index in [9.17, 15) is 18.0 Å². The van der Waals surface area contributed by atoms with Gasteiger partial charge in [-0.25, -0.2) is 8.42 Å². The minimum atomic E-state index is -3.81. The summed E-state index contributed by atoms with van der Waals surface area (Å²) < 4.78 is 31.9. The van der Waals surface area contributed by atoms with Crippen LogP contribution < -0.4 is 14.4 Å². The molecule has 1 atom stereocenters. The minimum absolute atomic E-state index is 0.171. The second kappa shape index (κ2) is 11.0. The highest BCUT2D eigenvalue weighted by Crippen LogP contribution is 2.30. The van der Waals surface area contributed by atoms with E-state index in [0.717, 1.165) is 21.7 Å². The summed E-state index contributed by atoms with van der Waals surface area (Å²) in [7, 11) is -2.32. The first-order valence-electron chi connectivity index (χ1n) is 10.3. The topological polar surface area (TPSA) is 96.0 Å². The van der Waals surface area contributed by atoms with E-state index >= 15 is 0 Å². The molecule has 0 aliphatic heterocycles. The molecule has 2 amide bonds. The molecule has 0 spiro atoms. The summed E-state index contributed by atoms with van der Waals surface area (Å²) in [5.74, 6) is -0.480. The van der Waals surface area contributed by atoms with Crippen LogP contribution in [0.3, 0.4) is 0 Å². The predicted molar refractivity (Wildman–Crippen MR) is 125 cm³/mol. The normalized spacial score (nSPS) is 12.0. The van der Waals surface area contributed by atoms with E-state index in [0.29, 0.717) is 12.4 Å². The van der Waals surface area contributed by atoms with Crippen molar-refractivity contribution in [3.63, 3.8) is 0 Å². The van der Waals surface area contributed by atoms with Gasteiger partial charge in [0.25, 0.3) is 0 Å². The fraction of sp³-hybridized carbons (Fsp3) is 0.391. The van der Waals surface area contributed by atoms with Crippen molar-refractivity contribution < 1.29 is 22.7 Å². The van der Waals surface area contributed by atoms with Crippen molar-refractivity contribution >= 4 is 27.5 Å². The second-order valence-corrected chi connectivity index (χ2v) is 9.32. The molecule has 1 N–H and O–H groups in total. The Morgan fingerprint density at radius 2 is 1.72 bits per heavy atom. The van der Waals surface area contributed by atoms with Gasteiger partial charge >= 0.3 is 0 Å². The Morgan fingerprint density at radius 1 is 1.09 bits per heavy atom. The molecule has 0 saturated heterocycles. The number of hydrogen-bond acceptors (Lipinski definition) is 5. The van der Waals surface area contributed by atoms with Gasteiger partial charge in [-0.3, -0.25) is 13.9 Å². The molecule has 32 heavy (non-hydrogen) atoms. The summed E-state index contributed by atoms with van der Waals surface area (Å²) in [4.78, 5) is 27.2. The molecule has 8 nitrogen and oxygen atoms in total. The minimum Gasteiger partial charge on any atom is -0.492 e. The van der Waals surface area contributed by atoms with Crippen LogP contribution in [-0.2, 0) is 26.2 Å². The van der Waals surface area contributed by atoms with Gasteiger partial charge in [-0.2, -0.15) is 0 Å². The van der Waals surface area contributed by atoms with Crippen molar-refractivity contribution in [3.05, 3.63) is 59.7 Å². The molecule has 0 fully saturated rings. The maximum atomic E-state index is 13.4. The highest BCUT2D eigenvalue weighted by molar-refractivity contribution is 7.92. The largest absolute Gasteiger partial charge is 0.492 e. The fourth-order valence-electron chi connectivity index (χ4n) is 3.30. The number of rotatable bonds is 10. The zero-order valence-electron chi connectivity index (χ0n) is 19.2. The third-order valence-corrected chi connectivity index (χ3v) is 6.26. The molecule has 0 aliphatic carbocycles. The number of ether oxygens (including phenoxy) is 1. The molecule has 0 saturated carbocycles. The molecule has 0 bridgehead atoms. The van der Waals surface area contributed by atoms with Crippen LogP contribution in [-0.4, -0.2) is 57.6 Å². The van der Waals surface area contributed by atoms with Crippen molar-refractivity contribution in [1.29, 1.82) is 0 Å². The summed E-state index contributed by atoms with van der Waals surface area (Å²) in [6, 6.07) is 13.4. The van der Waals surface area contributed by atoms with E-state index in [2.05, 4.69) is 5.32 Å². The number of aryl methyl sites for hydroxylation is 1. The number of sulfonamides is 1. The second-order valence-electron chi connectivity index (χ2n) is 7.41. The first-order chi connectivity index (χ1) is 15.1. The Morgan fingerprint density at radius 3 is 2.31 bits per heavy atom. The maximum absolute atomic E-state index is 13.4. The van der Waals surface area contributed by atoms with Gasteiger partial charge in [-0.1, -0.05) is 36.4 Å². The molecular formula is C23H31N3O5S. The first-order valence-corrected chi connectivity index (χ1v) is 12.2. The van der Waals surface area contributed by atoms with E-state index in [4.69, 9.17) is 4.74 Å². The lowest BCUT2D eigenvalue weighted by molar-refractivity contribution is -0.139. The average molecular weight is 462 g/mol. The summed E-state index contributed by atoms with van der Waals surface area (Å²) in [5, 5.41) is 2.56. The monoisotopic (exact) mass is 461 g/mol. The molecule has 2 rings (SSSR count). The molecule has 0 aromatic heterocycles. The molecule has 2 aromatic rings. The van der Waals surface area contributed by atoms with Gasteiger partial charge in [-0.05, 0) is 44.0 Å². The van der Waals surface area contributed by atoms with Gasteiger partial charge in [0, 0.05) is 13.6 Å². The van der Waals surface area contributed by atoms with Crippen LogP contribution in [0.5, 0.6) is 5.75 Å².